The molecule has 3 aliphatic rings. The number of likely N-dealkylation sites (tertiary alicyclic amines) is 1. The van der Waals surface area contributed by atoms with Gasteiger partial charge in [-0.1, -0.05) is 79.6 Å². The summed E-state index contributed by atoms with van der Waals surface area (Å²) in [5.41, 5.74) is 7.02. The number of aliphatic hydroxyl groups is 1. The molecular weight excluding hydrogens is 697 g/mol. The van der Waals surface area contributed by atoms with E-state index < -0.39 is 12.2 Å². The van der Waals surface area contributed by atoms with Gasteiger partial charge in [0.1, 0.15) is 0 Å². The van der Waals surface area contributed by atoms with Crippen LogP contribution in [0.3, 0.4) is 0 Å². The van der Waals surface area contributed by atoms with Gasteiger partial charge < -0.3 is 25.2 Å². The lowest BCUT2D eigenvalue weighted by Gasteiger charge is -2.50. The molecule has 1 aliphatic carbocycles. The number of hydrogen-bond donors (Lipinski definition) is 5. The number of piperidine rings is 1. The number of amides is 3. The second-order valence-corrected chi connectivity index (χ2v) is 16.5. The Morgan fingerprint density at radius 3 is 2.27 bits per heavy atom. The molecule has 11 heteroatoms. The number of benzene rings is 3. The summed E-state index contributed by atoms with van der Waals surface area (Å²) in [7, 11) is 0. The second-order valence-electron chi connectivity index (χ2n) is 16.5. The van der Waals surface area contributed by atoms with Gasteiger partial charge in [-0.05, 0) is 92.7 Å². The van der Waals surface area contributed by atoms with E-state index in [1.54, 1.807) is 5.48 Å². The molecule has 2 aliphatic heterocycles. The third-order valence-corrected chi connectivity index (χ3v) is 11.2. The molecule has 1 saturated carbocycles. The highest BCUT2D eigenvalue weighted by Crippen LogP contribution is 2.42. The van der Waals surface area contributed by atoms with Crippen molar-refractivity contribution in [1.82, 2.24) is 21.0 Å². The first-order valence-electron chi connectivity index (χ1n) is 20.0. The summed E-state index contributed by atoms with van der Waals surface area (Å²) in [6, 6.07) is 24.3. The molecule has 0 aromatic heterocycles. The molecule has 3 aromatic carbocycles. The topological polar surface area (TPSA) is 149 Å². The molecule has 5 N–H and O–H groups in total. The zero-order chi connectivity index (χ0) is 39.0. The highest BCUT2D eigenvalue weighted by molar-refractivity contribution is 5.82. The summed E-state index contributed by atoms with van der Waals surface area (Å²) in [6.07, 6.45) is 6.93. The van der Waals surface area contributed by atoms with Gasteiger partial charge in [0.25, 0.3) is 0 Å². The van der Waals surface area contributed by atoms with Crippen LogP contribution in [-0.2, 0) is 37.0 Å². The Hall–Kier alpha value is -4.13. The number of fused-ring (bicyclic) bond motifs is 1. The average Bonchev–Trinajstić information content (AvgIpc) is 3.19. The van der Waals surface area contributed by atoms with E-state index in [0.29, 0.717) is 37.9 Å². The largest absolute Gasteiger partial charge is 0.392 e. The summed E-state index contributed by atoms with van der Waals surface area (Å²) in [4.78, 5) is 39.8. The summed E-state index contributed by atoms with van der Waals surface area (Å²) in [5.74, 6) is 0.0329. The molecule has 0 spiro atoms. The normalized spacial score (nSPS) is 24.4. The first kappa shape index (κ1) is 40.5. The van der Waals surface area contributed by atoms with Crippen LogP contribution in [0.25, 0.3) is 11.1 Å². The van der Waals surface area contributed by atoms with Gasteiger partial charge in [0, 0.05) is 49.5 Å². The molecule has 6 atom stereocenters. The van der Waals surface area contributed by atoms with Crippen LogP contribution in [0, 0.1) is 5.92 Å². The zero-order valence-electron chi connectivity index (χ0n) is 32.5. The van der Waals surface area contributed by atoms with Crippen molar-refractivity contribution in [3.05, 3.63) is 95.1 Å². The monoisotopic (exact) mass is 754 g/mol. The number of rotatable bonds is 13. The summed E-state index contributed by atoms with van der Waals surface area (Å²) >= 11 is 0. The fourth-order valence-electron chi connectivity index (χ4n) is 8.44. The van der Waals surface area contributed by atoms with E-state index in [1.807, 2.05) is 81.4 Å². The van der Waals surface area contributed by atoms with Crippen molar-refractivity contribution in [3.63, 3.8) is 0 Å². The molecule has 0 radical (unpaired) electrons. The highest BCUT2D eigenvalue weighted by atomic mass is 16.7. The van der Waals surface area contributed by atoms with E-state index in [9.17, 15) is 19.5 Å². The first-order valence-corrected chi connectivity index (χ1v) is 20.0. The highest BCUT2D eigenvalue weighted by Gasteiger charge is 2.44. The Kier molecular flexibility index (Phi) is 13.8. The lowest BCUT2D eigenvalue weighted by Crippen LogP contribution is -2.61. The second kappa shape index (κ2) is 18.7. The third-order valence-electron chi connectivity index (χ3n) is 11.2. The summed E-state index contributed by atoms with van der Waals surface area (Å²) in [6.45, 7) is 7.10. The Morgan fingerprint density at radius 1 is 0.818 bits per heavy atom. The molecule has 3 aromatic rings. The van der Waals surface area contributed by atoms with Crippen LogP contribution in [0.15, 0.2) is 72.8 Å². The van der Waals surface area contributed by atoms with E-state index in [-0.39, 0.29) is 55.1 Å². The Balaban J connectivity index is 1.19. The van der Waals surface area contributed by atoms with Gasteiger partial charge in [0.2, 0.25) is 17.7 Å². The predicted molar refractivity (Wildman–Crippen MR) is 209 cm³/mol. The molecule has 2 saturated heterocycles. The smallest absolute Gasteiger partial charge is 0.243 e. The van der Waals surface area contributed by atoms with E-state index in [2.05, 4.69) is 27.7 Å². The molecule has 3 fully saturated rings. The van der Waals surface area contributed by atoms with E-state index in [4.69, 9.17) is 14.7 Å². The molecule has 3 amide bonds. The minimum Gasteiger partial charge on any atom is -0.392 e. The molecule has 0 bridgehead atoms. The van der Waals surface area contributed by atoms with Crippen LogP contribution in [-0.4, -0.2) is 63.2 Å². The Labute approximate surface area is 325 Å². The van der Waals surface area contributed by atoms with Crippen molar-refractivity contribution < 1.29 is 34.2 Å². The quantitative estimate of drug-likeness (QED) is 0.0966. The van der Waals surface area contributed by atoms with Crippen LogP contribution in [0.1, 0.15) is 120 Å². The van der Waals surface area contributed by atoms with Gasteiger partial charge in [-0.2, -0.15) is 0 Å². The molecule has 296 valence electrons. The Bertz CT molecular complexity index is 1740. The molecule has 11 nitrogen and oxygen atoms in total. The molecular formula is C44H58N4O7. The summed E-state index contributed by atoms with van der Waals surface area (Å²) < 4.78 is 13.5. The van der Waals surface area contributed by atoms with Crippen LogP contribution >= 0.6 is 0 Å². The molecule has 6 unspecified atom stereocenters. The van der Waals surface area contributed by atoms with Crippen LogP contribution in [0.2, 0.25) is 0 Å². The SMILES string of the molecule is CC(C)(C)NC(=O)C1CCC2CCCCC2N1CC1CC(c2ccc(CO)cc2)OC(c2ccc(-c3cccc(CNC(=O)CCCC(=O)NO)c3)cc2)O1. The van der Waals surface area contributed by atoms with Gasteiger partial charge in [0.15, 0.2) is 6.29 Å². The van der Waals surface area contributed by atoms with Crippen molar-refractivity contribution in [2.45, 2.75) is 134 Å². The maximum atomic E-state index is 13.8. The first-order chi connectivity index (χ1) is 26.5. The minimum absolute atomic E-state index is 0.0209. The van der Waals surface area contributed by atoms with Crippen molar-refractivity contribution in [1.29, 1.82) is 0 Å². The number of nitrogens with zero attached hydrogens (tertiary/aromatic N) is 1. The standard InChI is InChI=1S/C44H58N4O7/c1-44(2,3)46-42(52)38-23-22-32-9-4-5-11-37(32)48(38)27-36-25-39(33-16-14-29(28-49)15-17-33)55-43(54-36)34-20-18-31(19-21-34)35-10-6-8-30(24-35)26-45-40(50)12-7-13-41(51)47-53/h6,8,10,14-21,24,32,36-39,43,49,53H,4-5,7,9,11-13,22-23,25-28H2,1-3H3,(H,45,50)(H,46,52)(H,47,51). The third kappa shape index (κ3) is 11.0. The van der Waals surface area contributed by atoms with Crippen molar-refractivity contribution in [2.24, 2.45) is 5.92 Å². The fourth-order valence-corrected chi connectivity index (χ4v) is 8.44. The lowest BCUT2D eigenvalue weighted by atomic mass is 9.75. The number of ether oxygens (including phenoxy) is 2. The minimum atomic E-state index is -0.617. The fraction of sp³-hybridized carbons (Fsp3) is 0.523. The summed E-state index contributed by atoms with van der Waals surface area (Å²) in [5, 5.41) is 24.5. The zero-order valence-corrected chi connectivity index (χ0v) is 32.5. The predicted octanol–water partition coefficient (Wildman–Crippen LogP) is 6.62. The van der Waals surface area contributed by atoms with Crippen LogP contribution < -0.4 is 16.1 Å². The lowest BCUT2D eigenvalue weighted by molar-refractivity contribution is -0.255. The number of carbonyl (C=O) groups is 3. The number of nitrogens with one attached hydrogen (secondary N) is 3. The average molecular weight is 755 g/mol. The van der Waals surface area contributed by atoms with Crippen LogP contribution in [0.5, 0.6) is 0 Å². The van der Waals surface area contributed by atoms with Gasteiger partial charge in [-0.15, -0.1) is 0 Å². The van der Waals surface area contributed by atoms with Gasteiger partial charge >= 0.3 is 0 Å². The number of aliphatic hydroxyl groups excluding tert-OH is 1. The van der Waals surface area contributed by atoms with E-state index >= 15 is 0 Å². The number of hydroxylamine groups is 1. The maximum Gasteiger partial charge on any atom is 0.243 e. The van der Waals surface area contributed by atoms with Gasteiger partial charge in [0.05, 0.1) is 24.9 Å². The Morgan fingerprint density at radius 2 is 1.55 bits per heavy atom. The number of carbonyl (C=O) groups excluding carboxylic acids is 3. The van der Waals surface area contributed by atoms with Crippen LogP contribution in [0.4, 0.5) is 0 Å². The number of hydrogen-bond acceptors (Lipinski definition) is 8. The van der Waals surface area contributed by atoms with Gasteiger partial charge in [-0.25, -0.2) is 5.48 Å². The molecule has 55 heavy (non-hydrogen) atoms. The van der Waals surface area contributed by atoms with Crippen molar-refractivity contribution in [3.8, 4) is 11.1 Å². The molecule has 6 rings (SSSR count). The van der Waals surface area contributed by atoms with Gasteiger partial charge in [-0.3, -0.25) is 24.5 Å². The van der Waals surface area contributed by atoms with Crippen molar-refractivity contribution in [2.75, 3.05) is 6.54 Å². The van der Waals surface area contributed by atoms with Crippen molar-refractivity contribution >= 4 is 17.7 Å². The maximum absolute atomic E-state index is 13.8. The van der Waals surface area contributed by atoms with E-state index in [0.717, 1.165) is 52.6 Å². The molecule has 2 heterocycles. The van der Waals surface area contributed by atoms with E-state index in [1.165, 1.54) is 19.3 Å².